The van der Waals surface area contributed by atoms with Crippen molar-refractivity contribution in [1.82, 2.24) is 0 Å². The molecule has 0 aromatic rings. The Morgan fingerprint density at radius 3 is 1.09 bits per heavy atom. The molecular weight excluding hydrogens is 954 g/mol. The number of carbonyl (C=O) groups excluding carboxylic acids is 2. The fraction of sp³-hybridized carbons (Fsp3) is 0.692. The molecule has 0 fully saturated rings. The lowest BCUT2D eigenvalue weighted by Gasteiger charge is -2.19. The normalized spacial score (nSPS) is 13.8. The SMILES string of the molecule is CC/C=C\C/C=C\C/C=C\C/C=C\C/C=C\C/C=C\CCCCCCCCCCC(=O)OC(COC(=O)CCCCCCCCCCCCCC/C=C\C/C=C\C/C=C\CCCCCCC)COP(=O)(O)OCCN. The number of phosphoric acid groups is 1. The molecule has 2 unspecified atom stereocenters. The molecule has 0 spiro atoms. The van der Waals surface area contributed by atoms with E-state index >= 15 is 0 Å². The molecule has 0 radical (unpaired) electrons. The van der Waals surface area contributed by atoms with E-state index in [0.717, 1.165) is 96.3 Å². The molecule has 0 amide bonds. The summed E-state index contributed by atoms with van der Waals surface area (Å²) in [6.45, 7) is 3.61. The highest BCUT2D eigenvalue weighted by Crippen LogP contribution is 2.43. The number of ether oxygens (including phenoxy) is 2. The van der Waals surface area contributed by atoms with E-state index in [1.807, 2.05) is 0 Å². The lowest BCUT2D eigenvalue weighted by molar-refractivity contribution is -0.161. The molecule has 0 rings (SSSR count). The molecule has 0 aliphatic rings. The van der Waals surface area contributed by atoms with Gasteiger partial charge in [-0.15, -0.1) is 0 Å². The molecule has 9 nitrogen and oxygen atoms in total. The number of allylic oxidation sites excluding steroid dienone is 18. The summed E-state index contributed by atoms with van der Waals surface area (Å²) in [4.78, 5) is 35.2. The summed E-state index contributed by atoms with van der Waals surface area (Å²) >= 11 is 0. The molecule has 430 valence electrons. The Labute approximate surface area is 460 Å². The predicted octanol–water partition coefficient (Wildman–Crippen LogP) is 19.4. The number of nitrogens with two attached hydrogens (primary N) is 1. The van der Waals surface area contributed by atoms with Crippen molar-refractivity contribution < 1.29 is 37.6 Å². The quantitative estimate of drug-likeness (QED) is 0.0264. The number of carbonyl (C=O) groups is 2. The van der Waals surface area contributed by atoms with Gasteiger partial charge in [-0.1, -0.05) is 252 Å². The van der Waals surface area contributed by atoms with E-state index in [2.05, 4.69) is 123 Å². The van der Waals surface area contributed by atoms with Crippen molar-refractivity contribution in [3.63, 3.8) is 0 Å². The molecular formula is C65H112NO8P. The number of phosphoric ester groups is 1. The van der Waals surface area contributed by atoms with Crippen molar-refractivity contribution in [3.8, 4) is 0 Å². The van der Waals surface area contributed by atoms with Gasteiger partial charge in [0.1, 0.15) is 6.61 Å². The summed E-state index contributed by atoms with van der Waals surface area (Å²) in [5, 5.41) is 0. The smallest absolute Gasteiger partial charge is 0.462 e. The third-order valence-electron chi connectivity index (χ3n) is 12.6. The van der Waals surface area contributed by atoms with Gasteiger partial charge >= 0.3 is 19.8 Å². The van der Waals surface area contributed by atoms with Crippen LogP contribution in [0.2, 0.25) is 0 Å². The van der Waals surface area contributed by atoms with Crippen LogP contribution in [0.5, 0.6) is 0 Å². The molecule has 0 bridgehead atoms. The van der Waals surface area contributed by atoms with Crippen LogP contribution in [-0.4, -0.2) is 49.3 Å². The summed E-state index contributed by atoms with van der Waals surface area (Å²) in [5.74, 6) is -0.841. The third kappa shape index (κ3) is 59.8. The molecule has 0 aromatic carbocycles. The highest BCUT2D eigenvalue weighted by Gasteiger charge is 2.26. The Balaban J connectivity index is 4.01. The lowest BCUT2D eigenvalue weighted by Crippen LogP contribution is -2.29. The molecule has 0 saturated heterocycles. The summed E-state index contributed by atoms with van der Waals surface area (Å²) in [5.41, 5.74) is 5.39. The topological polar surface area (TPSA) is 134 Å². The van der Waals surface area contributed by atoms with Crippen LogP contribution < -0.4 is 5.73 Å². The Morgan fingerprint density at radius 1 is 0.413 bits per heavy atom. The zero-order chi connectivity index (χ0) is 54.5. The first-order chi connectivity index (χ1) is 36.8. The van der Waals surface area contributed by atoms with Gasteiger partial charge in [0.15, 0.2) is 6.10 Å². The van der Waals surface area contributed by atoms with Gasteiger partial charge in [-0.25, -0.2) is 4.57 Å². The van der Waals surface area contributed by atoms with Crippen LogP contribution in [0.1, 0.15) is 258 Å². The molecule has 0 aromatic heterocycles. The van der Waals surface area contributed by atoms with Gasteiger partial charge in [-0.05, 0) is 103 Å². The van der Waals surface area contributed by atoms with Gasteiger partial charge in [-0.2, -0.15) is 0 Å². The number of esters is 2. The van der Waals surface area contributed by atoms with Crippen LogP contribution in [0, 0.1) is 0 Å². The zero-order valence-electron chi connectivity index (χ0n) is 48.0. The summed E-state index contributed by atoms with van der Waals surface area (Å²) in [7, 11) is -4.40. The Hall–Kier alpha value is -3.33. The third-order valence-corrected chi connectivity index (χ3v) is 13.6. The van der Waals surface area contributed by atoms with Crippen LogP contribution in [-0.2, 0) is 32.7 Å². The van der Waals surface area contributed by atoms with Gasteiger partial charge in [0.2, 0.25) is 0 Å². The van der Waals surface area contributed by atoms with Gasteiger partial charge in [0, 0.05) is 19.4 Å². The standard InChI is InChI=1S/C65H112NO8P/c1-3-5-7-9-11-13-15-17-19-21-23-25-27-29-31-33-35-37-39-41-43-45-47-49-51-53-55-57-64(67)71-61-63(62-73-75(69,70)72-60-59-66)74-65(68)58-56-54-52-50-48-46-44-42-40-38-36-34-32-30-28-26-24-22-20-18-16-14-12-10-8-6-4-2/h6,8,12,14-15,17-18,20-21,23-24,26-27,29-30,32,36,38,63H,3-5,7,9-11,13,16,19,22,25,28,31,33-35,37,39-62,66H2,1-2H3,(H,69,70)/b8-6-,14-12-,17-15-,20-18-,23-21-,26-24-,29-27-,32-30-,38-36-. The molecule has 0 aliphatic heterocycles. The first-order valence-electron chi connectivity index (χ1n) is 30.4. The fourth-order valence-corrected chi connectivity index (χ4v) is 8.94. The van der Waals surface area contributed by atoms with E-state index in [1.165, 1.54) is 128 Å². The second-order valence-electron chi connectivity index (χ2n) is 19.8. The van der Waals surface area contributed by atoms with E-state index in [1.54, 1.807) is 0 Å². The van der Waals surface area contributed by atoms with Crippen LogP contribution in [0.3, 0.4) is 0 Å². The molecule has 0 heterocycles. The minimum Gasteiger partial charge on any atom is -0.462 e. The summed E-state index contributed by atoms with van der Waals surface area (Å²) in [6, 6.07) is 0. The van der Waals surface area contributed by atoms with E-state index in [-0.39, 0.29) is 38.6 Å². The highest BCUT2D eigenvalue weighted by molar-refractivity contribution is 7.47. The monoisotopic (exact) mass is 1070 g/mol. The molecule has 0 aliphatic carbocycles. The maximum absolute atomic E-state index is 12.7. The number of hydrogen-bond donors (Lipinski definition) is 2. The lowest BCUT2D eigenvalue weighted by atomic mass is 10.0. The molecule has 3 N–H and O–H groups in total. The molecule has 75 heavy (non-hydrogen) atoms. The van der Waals surface area contributed by atoms with E-state index < -0.39 is 26.5 Å². The second-order valence-corrected chi connectivity index (χ2v) is 21.3. The number of unbranched alkanes of at least 4 members (excludes halogenated alkanes) is 25. The van der Waals surface area contributed by atoms with Crippen LogP contribution in [0.4, 0.5) is 0 Å². The van der Waals surface area contributed by atoms with Crippen molar-refractivity contribution in [2.75, 3.05) is 26.4 Å². The predicted molar refractivity (Wildman–Crippen MR) is 321 cm³/mol. The summed E-state index contributed by atoms with van der Waals surface area (Å²) in [6.07, 6.45) is 81.4. The Morgan fingerprint density at radius 2 is 0.733 bits per heavy atom. The first-order valence-corrected chi connectivity index (χ1v) is 31.9. The Kier molecular flexibility index (Phi) is 57.2. The maximum atomic E-state index is 12.7. The highest BCUT2D eigenvalue weighted by atomic mass is 31.2. The molecule has 0 saturated carbocycles. The number of hydrogen-bond acceptors (Lipinski definition) is 8. The molecule has 10 heteroatoms. The second kappa shape index (κ2) is 59.9. The van der Waals surface area contributed by atoms with Crippen molar-refractivity contribution in [3.05, 3.63) is 109 Å². The zero-order valence-corrected chi connectivity index (χ0v) is 48.9. The molecule has 2 atom stereocenters. The van der Waals surface area contributed by atoms with Crippen molar-refractivity contribution in [1.29, 1.82) is 0 Å². The first kappa shape index (κ1) is 71.7. The van der Waals surface area contributed by atoms with Crippen LogP contribution >= 0.6 is 7.82 Å². The minimum absolute atomic E-state index is 0.0465. The average Bonchev–Trinajstić information content (AvgIpc) is 3.40. The van der Waals surface area contributed by atoms with Crippen molar-refractivity contribution in [2.24, 2.45) is 5.73 Å². The number of rotatable bonds is 56. The van der Waals surface area contributed by atoms with E-state index in [4.69, 9.17) is 24.3 Å². The van der Waals surface area contributed by atoms with E-state index in [9.17, 15) is 19.0 Å². The van der Waals surface area contributed by atoms with Gasteiger partial charge in [-0.3, -0.25) is 18.6 Å². The van der Waals surface area contributed by atoms with Crippen molar-refractivity contribution in [2.45, 2.75) is 264 Å². The largest absolute Gasteiger partial charge is 0.472 e. The van der Waals surface area contributed by atoms with Crippen LogP contribution in [0.15, 0.2) is 109 Å². The van der Waals surface area contributed by atoms with Crippen LogP contribution in [0.25, 0.3) is 0 Å². The van der Waals surface area contributed by atoms with Gasteiger partial charge in [0.05, 0.1) is 13.2 Å². The fourth-order valence-electron chi connectivity index (χ4n) is 8.18. The minimum atomic E-state index is -4.40. The maximum Gasteiger partial charge on any atom is 0.472 e. The average molecular weight is 1070 g/mol. The summed E-state index contributed by atoms with van der Waals surface area (Å²) < 4.78 is 33.1. The Bertz CT molecular complexity index is 1590. The van der Waals surface area contributed by atoms with E-state index in [0.29, 0.717) is 6.42 Å². The van der Waals surface area contributed by atoms with Crippen molar-refractivity contribution >= 4 is 19.8 Å². The van der Waals surface area contributed by atoms with Gasteiger partial charge in [0.25, 0.3) is 0 Å². The van der Waals surface area contributed by atoms with Gasteiger partial charge < -0.3 is 20.1 Å².